The van der Waals surface area contributed by atoms with Gasteiger partial charge in [-0.3, -0.25) is 35.5 Å². The number of hydrogen-bond acceptors (Lipinski definition) is 6. The van der Waals surface area contributed by atoms with Crippen molar-refractivity contribution < 1.29 is 14.5 Å². The summed E-state index contributed by atoms with van der Waals surface area (Å²) in [5.41, 5.74) is 4.64. The number of nitro groups is 1. The van der Waals surface area contributed by atoms with Crippen LogP contribution in [0.1, 0.15) is 26.4 Å². The minimum Gasteiger partial charge on any atom is -0.267 e. The van der Waals surface area contributed by atoms with E-state index in [1.807, 2.05) is 0 Å². The predicted octanol–water partition coefficient (Wildman–Crippen LogP) is 0.768. The van der Waals surface area contributed by atoms with Gasteiger partial charge in [0.1, 0.15) is 5.69 Å². The molecule has 0 atom stereocenters. The summed E-state index contributed by atoms with van der Waals surface area (Å²) in [5, 5.41) is 10.8. The van der Waals surface area contributed by atoms with E-state index in [1.54, 1.807) is 6.92 Å². The van der Waals surface area contributed by atoms with Gasteiger partial charge >= 0.3 is 0 Å². The number of benzene rings is 1. The molecule has 2 rings (SSSR count). The zero-order chi connectivity index (χ0) is 16.1. The van der Waals surface area contributed by atoms with Gasteiger partial charge in [0.25, 0.3) is 17.5 Å². The van der Waals surface area contributed by atoms with Crippen molar-refractivity contribution in [1.29, 1.82) is 0 Å². The van der Waals surface area contributed by atoms with Gasteiger partial charge in [-0.15, -0.1) is 0 Å². The van der Waals surface area contributed by atoms with E-state index in [-0.39, 0.29) is 16.9 Å². The van der Waals surface area contributed by atoms with E-state index in [2.05, 4.69) is 20.8 Å². The monoisotopic (exact) mass is 301 g/mol. The fourth-order valence-corrected chi connectivity index (χ4v) is 1.61. The highest BCUT2D eigenvalue weighted by atomic mass is 16.6. The molecule has 1 aromatic heterocycles. The zero-order valence-electron chi connectivity index (χ0n) is 11.4. The van der Waals surface area contributed by atoms with E-state index in [4.69, 9.17) is 0 Å². The number of hydrogen-bond donors (Lipinski definition) is 2. The van der Waals surface area contributed by atoms with Gasteiger partial charge in [-0.1, -0.05) is 6.07 Å². The van der Waals surface area contributed by atoms with Crippen molar-refractivity contribution in [2.24, 2.45) is 0 Å². The highest BCUT2D eigenvalue weighted by molar-refractivity contribution is 5.98. The van der Waals surface area contributed by atoms with Crippen LogP contribution < -0.4 is 10.9 Å². The van der Waals surface area contributed by atoms with E-state index < -0.39 is 16.7 Å². The molecule has 0 fully saturated rings. The number of rotatable bonds is 3. The third-order valence-corrected chi connectivity index (χ3v) is 2.75. The number of nitro benzene ring substituents is 1. The van der Waals surface area contributed by atoms with Crippen LogP contribution in [0, 0.1) is 17.0 Å². The molecule has 2 N–H and O–H groups in total. The van der Waals surface area contributed by atoms with Gasteiger partial charge < -0.3 is 0 Å². The molecule has 0 saturated heterocycles. The minimum absolute atomic E-state index is 0.0256. The Morgan fingerprint density at radius 2 is 1.91 bits per heavy atom. The molecular weight excluding hydrogens is 290 g/mol. The lowest BCUT2D eigenvalue weighted by molar-refractivity contribution is -0.385. The number of amides is 2. The van der Waals surface area contributed by atoms with Crippen molar-refractivity contribution in [3.05, 3.63) is 63.7 Å². The molecule has 0 saturated carbocycles. The lowest BCUT2D eigenvalue weighted by atomic mass is 10.1. The van der Waals surface area contributed by atoms with Crippen LogP contribution in [0.5, 0.6) is 0 Å². The molecule has 2 aromatic rings. The summed E-state index contributed by atoms with van der Waals surface area (Å²) in [5.74, 6) is -1.33. The normalized spacial score (nSPS) is 9.86. The van der Waals surface area contributed by atoms with Gasteiger partial charge in [0, 0.05) is 29.6 Å². The van der Waals surface area contributed by atoms with Crippen molar-refractivity contribution in [1.82, 2.24) is 20.8 Å². The molecule has 0 spiro atoms. The standard InChI is InChI=1S/C13H11N5O4/c1-8-2-3-9(6-11(8)18(21)22)12(19)16-17-13(20)10-7-14-4-5-15-10/h2-7H,1H3,(H,16,19)(H,17,20). The number of nitrogens with zero attached hydrogens (tertiary/aromatic N) is 3. The Bertz CT molecular complexity index is 732. The minimum atomic E-state index is -0.680. The van der Waals surface area contributed by atoms with Gasteiger partial charge in [-0.25, -0.2) is 4.98 Å². The van der Waals surface area contributed by atoms with Gasteiger partial charge in [-0.05, 0) is 13.0 Å². The van der Waals surface area contributed by atoms with Gasteiger partial charge in [0.2, 0.25) is 0 Å². The summed E-state index contributed by atoms with van der Waals surface area (Å²) in [6.07, 6.45) is 3.97. The van der Waals surface area contributed by atoms with Crippen LogP contribution in [0.3, 0.4) is 0 Å². The van der Waals surface area contributed by atoms with E-state index in [0.29, 0.717) is 5.56 Å². The van der Waals surface area contributed by atoms with Gasteiger partial charge in [-0.2, -0.15) is 0 Å². The number of nitrogens with one attached hydrogen (secondary N) is 2. The van der Waals surface area contributed by atoms with Crippen LogP contribution in [0.25, 0.3) is 0 Å². The molecule has 9 heteroatoms. The predicted molar refractivity (Wildman–Crippen MR) is 74.8 cm³/mol. The maximum atomic E-state index is 11.9. The summed E-state index contributed by atoms with van der Waals surface area (Å²) in [6.45, 7) is 1.57. The third kappa shape index (κ3) is 3.39. The Morgan fingerprint density at radius 1 is 1.18 bits per heavy atom. The number of aryl methyl sites for hydroxylation is 1. The number of carbonyl (C=O) groups excluding carboxylic acids is 2. The molecule has 0 aliphatic carbocycles. The number of aromatic nitrogens is 2. The summed E-state index contributed by atoms with van der Waals surface area (Å²) in [4.78, 5) is 41.3. The molecule has 112 valence electrons. The lowest BCUT2D eigenvalue weighted by Crippen LogP contribution is -2.42. The van der Waals surface area contributed by atoms with Crippen molar-refractivity contribution in [3.8, 4) is 0 Å². The van der Waals surface area contributed by atoms with Crippen LogP contribution in [0.4, 0.5) is 5.69 Å². The zero-order valence-corrected chi connectivity index (χ0v) is 11.4. The SMILES string of the molecule is Cc1ccc(C(=O)NNC(=O)c2cnccn2)cc1[N+](=O)[O-]. The first kappa shape index (κ1) is 15.0. The quantitative estimate of drug-likeness (QED) is 0.636. The van der Waals surface area contributed by atoms with Crippen molar-refractivity contribution in [3.63, 3.8) is 0 Å². The molecule has 0 aliphatic rings. The second-order valence-corrected chi connectivity index (χ2v) is 4.26. The Labute approximate surface area is 124 Å². The maximum Gasteiger partial charge on any atom is 0.289 e. The summed E-state index contributed by atoms with van der Waals surface area (Å²) in [6, 6.07) is 4.02. The van der Waals surface area contributed by atoms with Crippen LogP contribution in [-0.4, -0.2) is 26.7 Å². The average molecular weight is 301 g/mol. The van der Waals surface area contributed by atoms with Crippen LogP contribution in [0.15, 0.2) is 36.8 Å². The highest BCUT2D eigenvalue weighted by Crippen LogP contribution is 2.18. The van der Waals surface area contributed by atoms with E-state index in [1.165, 1.54) is 30.7 Å². The second kappa shape index (κ2) is 6.39. The van der Waals surface area contributed by atoms with Crippen molar-refractivity contribution in [2.75, 3.05) is 0 Å². The lowest BCUT2D eigenvalue weighted by Gasteiger charge is -2.07. The first-order valence-electron chi connectivity index (χ1n) is 6.11. The van der Waals surface area contributed by atoms with Crippen molar-refractivity contribution in [2.45, 2.75) is 6.92 Å². The van der Waals surface area contributed by atoms with Crippen LogP contribution in [0.2, 0.25) is 0 Å². The topological polar surface area (TPSA) is 127 Å². The summed E-state index contributed by atoms with van der Waals surface area (Å²) in [7, 11) is 0. The third-order valence-electron chi connectivity index (χ3n) is 2.75. The molecule has 0 aliphatic heterocycles. The number of hydrazine groups is 1. The molecule has 0 radical (unpaired) electrons. The average Bonchev–Trinajstić information content (AvgIpc) is 2.53. The molecule has 9 nitrogen and oxygen atoms in total. The molecular formula is C13H11N5O4. The Hall–Kier alpha value is -3.36. The fourth-order valence-electron chi connectivity index (χ4n) is 1.61. The summed E-state index contributed by atoms with van der Waals surface area (Å²) >= 11 is 0. The molecule has 2 amide bonds. The van der Waals surface area contributed by atoms with Gasteiger partial charge in [0.15, 0.2) is 0 Å². The number of carbonyl (C=O) groups is 2. The molecule has 1 heterocycles. The smallest absolute Gasteiger partial charge is 0.267 e. The second-order valence-electron chi connectivity index (χ2n) is 4.26. The van der Waals surface area contributed by atoms with E-state index in [0.717, 1.165) is 6.07 Å². The Kier molecular flexibility index (Phi) is 4.37. The first-order valence-corrected chi connectivity index (χ1v) is 6.11. The molecule has 1 aromatic carbocycles. The molecule has 22 heavy (non-hydrogen) atoms. The highest BCUT2D eigenvalue weighted by Gasteiger charge is 2.15. The molecule has 0 unspecified atom stereocenters. The van der Waals surface area contributed by atoms with Crippen LogP contribution >= 0.6 is 0 Å². The van der Waals surface area contributed by atoms with Crippen molar-refractivity contribution >= 4 is 17.5 Å². The first-order chi connectivity index (χ1) is 10.5. The Morgan fingerprint density at radius 3 is 2.55 bits per heavy atom. The maximum absolute atomic E-state index is 11.9. The summed E-state index contributed by atoms with van der Waals surface area (Å²) < 4.78 is 0. The Balaban J connectivity index is 2.05. The van der Waals surface area contributed by atoms with Crippen LogP contribution in [-0.2, 0) is 0 Å². The molecule has 0 bridgehead atoms. The fraction of sp³-hybridized carbons (Fsp3) is 0.0769. The van der Waals surface area contributed by atoms with E-state index in [9.17, 15) is 19.7 Å². The van der Waals surface area contributed by atoms with E-state index >= 15 is 0 Å². The van der Waals surface area contributed by atoms with Gasteiger partial charge in [0.05, 0.1) is 11.1 Å². The largest absolute Gasteiger partial charge is 0.289 e.